The maximum atomic E-state index is 13.6. The Balaban J connectivity index is 1.35. The van der Waals surface area contributed by atoms with Crippen LogP contribution in [0.1, 0.15) is 31.7 Å². The van der Waals surface area contributed by atoms with Gasteiger partial charge < -0.3 is 10.2 Å². The molecule has 1 saturated carbocycles. The number of carbonyl (C=O) groups excluding carboxylic acids is 2. The Morgan fingerprint density at radius 1 is 1.00 bits per heavy atom. The van der Waals surface area contributed by atoms with E-state index in [-0.39, 0.29) is 41.9 Å². The highest BCUT2D eigenvalue weighted by molar-refractivity contribution is 5.95. The SMILES string of the molecule is CC(C)CN(CC(=O)Nc1cc(-c2ccccc2)nn1-c1ccc(F)cc1)C(=O)[C@H]1C[C@@H]1c1ccccc1. The molecule has 5 rings (SSSR count). The largest absolute Gasteiger partial charge is 0.333 e. The molecule has 1 heterocycles. The number of hydrogen-bond acceptors (Lipinski definition) is 3. The minimum absolute atomic E-state index is 0.0136. The number of hydrogen-bond donors (Lipinski definition) is 1. The van der Waals surface area contributed by atoms with Gasteiger partial charge in [0.15, 0.2) is 0 Å². The van der Waals surface area contributed by atoms with Crippen molar-refractivity contribution in [1.82, 2.24) is 14.7 Å². The van der Waals surface area contributed by atoms with Gasteiger partial charge in [-0.2, -0.15) is 5.10 Å². The number of anilines is 1. The van der Waals surface area contributed by atoms with Gasteiger partial charge in [-0.05, 0) is 48.1 Å². The van der Waals surface area contributed by atoms with E-state index in [0.29, 0.717) is 23.7 Å². The molecular formula is C31H31FN4O2. The summed E-state index contributed by atoms with van der Waals surface area (Å²) in [5.74, 6) is 0.124. The summed E-state index contributed by atoms with van der Waals surface area (Å²) in [5.41, 5.74) is 3.34. The zero-order valence-electron chi connectivity index (χ0n) is 21.5. The predicted molar refractivity (Wildman–Crippen MR) is 146 cm³/mol. The molecule has 38 heavy (non-hydrogen) atoms. The second-order valence-corrected chi connectivity index (χ2v) is 10.2. The van der Waals surface area contributed by atoms with E-state index >= 15 is 0 Å². The topological polar surface area (TPSA) is 67.2 Å². The number of nitrogens with one attached hydrogen (secondary N) is 1. The average Bonchev–Trinajstić information content (AvgIpc) is 3.62. The Morgan fingerprint density at radius 3 is 2.32 bits per heavy atom. The molecule has 4 aromatic rings. The Hall–Kier alpha value is -4.26. The van der Waals surface area contributed by atoms with E-state index in [1.165, 1.54) is 12.1 Å². The fraction of sp³-hybridized carbons (Fsp3) is 0.258. The van der Waals surface area contributed by atoms with E-state index in [9.17, 15) is 14.0 Å². The Kier molecular flexibility index (Phi) is 7.36. The third-order valence-electron chi connectivity index (χ3n) is 6.68. The van der Waals surface area contributed by atoms with Gasteiger partial charge in [-0.15, -0.1) is 0 Å². The van der Waals surface area contributed by atoms with Crippen LogP contribution in [0.2, 0.25) is 0 Å². The fourth-order valence-corrected chi connectivity index (χ4v) is 4.80. The van der Waals surface area contributed by atoms with Crippen LogP contribution in [0, 0.1) is 17.7 Å². The molecule has 194 valence electrons. The predicted octanol–water partition coefficient (Wildman–Crippen LogP) is 5.91. The van der Waals surface area contributed by atoms with Gasteiger partial charge in [-0.1, -0.05) is 74.5 Å². The molecule has 0 radical (unpaired) electrons. The average molecular weight is 511 g/mol. The molecular weight excluding hydrogens is 479 g/mol. The van der Waals surface area contributed by atoms with E-state index < -0.39 is 0 Å². The van der Waals surface area contributed by atoms with Crippen LogP contribution < -0.4 is 5.32 Å². The Bertz CT molecular complexity index is 1400. The van der Waals surface area contributed by atoms with Gasteiger partial charge >= 0.3 is 0 Å². The number of carbonyl (C=O) groups is 2. The van der Waals surface area contributed by atoms with Gasteiger partial charge in [0.05, 0.1) is 17.9 Å². The van der Waals surface area contributed by atoms with Gasteiger partial charge in [0.2, 0.25) is 11.8 Å². The van der Waals surface area contributed by atoms with E-state index in [1.54, 1.807) is 27.8 Å². The second kappa shape index (κ2) is 11.0. The smallest absolute Gasteiger partial charge is 0.245 e. The van der Waals surface area contributed by atoms with Crippen molar-refractivity contribution in [2.75, 3.05) is 18.4 Å². The number of halogens is 1. The van der Waals surface area contributed by atoms with Crippen molar-refractivity contribution in [2.24, 2.45) is 11.8 Å². The first-order chi connectivity index (χ1) is 18.4. The van der Waals surface area contributed by atoms with Gasteiger partial charge in [-0.3, -0.25) is 9.59 Å². The van der Waals surface area contributed by atoms with Crippen LogP contribution in [0.4, 0.5) is 10.2 Å². The molecule has 0 unspecified atom stereocenters. The van der Waals surface area contributed by atoms with Gasteiger partial charge in [0.1, 0.15) is 11.6 Å². The van der Waals surface area contributed by atoms with Crippen molar-refractivity contribution >= 4 is 17.6 Å². The molecule has 6 nitrogen and oxygen atoms in total. The van der Waals surface area contributed by atoms with E-state index in [1.807, 2.05) is 62.4 Å². The fourth-order valence-electron chi connectivity index (χ4n) is 4.80. The molecule has 1 aliphatic carbocycles. The molecule has 0 bridgehead atoms. The number of nitrogens with zero attached hydrogens (tertiary/aromatic N) is 3. The minimum Gasteiger partial charge on any atom is -0.333 e. The first kappa shape index (κ1) is 25.4. The van der Waals surface area contributed by atoms with E-state index in [0.717, 1.165) is 17.5 Å². The Morgan fingerprint density at radius 2 is 1.66 bits per heavy atom. The summed E-state index contributed by atoms with van der Waals surface area (Å²) in [6, 6.07) is 27.4. The summed E-state index contributed by atoms with van der Waals surface area (Å²) in [7, 11) is 0. The molecule has 0 aliphatic heterocycles. The molecule has 0 saturated heterocycles. The van der Waals surface area contributed by atoms with E-state index in [4.69, 9.17) is 0 Å². The quantitative estimate of drug-likeness (QED) is 0.305. The highest BCUT2D eigenvalue weighted by atomic mass is 19.1. The molecule has 7 heteroatoms. The summed E-state index contributed by atoms with van der Waals surface area (Å²) in [6.45, 7) is 4.52. The van der Waals surface area contributed by atoms with Crippen LogP contribution in [0.5, 0.6) is 0 Å². The van der Waals surface area contributed by atoms with Crippen LogP contribution in [0.15, 0.2) is 91.0 Å². The summed E-state index contributed by atoms with van der Waals surface area (Å²) < 4.78 is 15.2. The summed E-state index contributed by atoms with van der Waals surface area (Å²) in [4.78, 5) is 28.4. The maximum absolute atomic E-state index is 13.6. The van der Waals surface area contributed by atoms with Crippen LogP contribution in [-0.2, 0) is 9.59 Å². The molecule has 3 aromatic carbocycles. The third kappa shape index (κ3) is 5.83. The zero-order valence-corrected chi connectivity index (χ0v) is 21.5. The lowest BCUT2D eigenvalue weighted by Gasteiger charge is -2.24. The second-order valence-electron chi connectivity index (χ2n) is 10.2. The molecule has 1 aliphatic rings. The number of amides is 2. The standard InChI is InChI=1S/C31H31FN4O2/c1-21(2)19-35(31(38)27-17-26(27)22-9-5-3-6-10-22)20-30(37)33-29-18-28(23-11-7-4-8-12-23)34-36(29)25-15-13-24(32)14-16-25/h3-16,18,21,26-27H,17,19-20H2,1-2H3,(H,33,37)/t26-,27+/m1/s1. The first-order valence-corrected chi connectivity index (χ1v) is 12.9. The van der Waals surface area contributed by atoms with Crippen LogP contribution >= 0.6 is 0 Å². The van der Waals surface area contributed by atoms with Crippen molar-refractivity contribution in [1.29, 1.82) is 0 Å². The van der Waals surface area contributed by atoms with Gasteiger partial charge in [0, 0.05) is 24.1 Å². The minimum atomic E-state index is -0.355. The first-order valence-electron chi connectivity index (χ1n) is 12.9. The lowest BCUT2D eigenvalue weighted by Crippen LogP contribution is -2.41. The van der Waals surface area contributed by atoms with Crippen LogP contribution in [0.25, 0.3) is 16.9 Å². The molecule has 1 N–H and O–H groups in total. The molecule has 1 aromatic heterocycles. The molecule has 2 amide bonds. The van der Waals surface area contributed by atoms with Crippen molar-refractivity contribution in [3.8, 4) is 16.9 Å². The lowest BCUT2D eigenvalue weighted by molar-refractivity contribution is -0.136. The van der Waals surface area contributed by atoms with Gasteiger partial charge in [0.25, 0.3) is 0 Å². The van der Waals surface area contributed by atoms with Crippen molar-refractivity contribution in [3.05, 3.63) is 102 Å². The molecule has 1 fully saturated rings. The van der Waals surface area contributed by atoms with Crippen molar-refractivity contribution in [3.63, 3.8) is 0 Å². The van der Waals surface area contributed by atoms with E-state index in [2.05, 4.69) is 22.5 Å². The monoisotopic (exact) mass is 510 g/mol. The summed E-state index contributed by atoms with van der Waals surface area (Å²) in [6.07, 6.45) is 0.802. The highest BCUT2D eigenvalue weighted by Crippen LogP contribution is 2.48. The molecule has 0 spiro atoms. The zero-order chi connectivity index (χ0) is 26.6. The van der Waals surface area contributed by atoms with Crippen molar-refractivity contribution in [2.45, 2.75) is 26.2 Å². The Labute approximate surface area is 222 Å². The molecule has 2 atom stereocenters. The lowest BCUT2D eigenvalue weighted by atomic mass is 10.1. The van der Waals surface area contributed by atoms with Crippen molar-refractivity contribution < 1.29 is 14.0 Å². The normalized spacial score (nSPS) is 16.3. The number of rotatable bonds is 9. The van der Waals surface area contributed by atoms with Crippen LogP contribution in [-0.4, -0.2) is 39.6 Å². The number of aromatic nitrogens is 2. The van der Waals surface area contributed by atoms with Gasteiger partial charge in [-0.25, -0.2) is 9.07 Å². The summed E-state index contributed by atoms with van der Waals surface area (Å²) >= 11 is 0. The third-order valence-corrected chi connectivity index (χ3v) is 6.68. The maximum Gasteiger partial charge on any atom is 0.245 e. The summed E-state index contributed by atoms with van der Waals surface area (Å²) in [5, 5.41) is 7.63. The number of benzene rings is 3. The van der Waals surface area contributed by atoms with Crippen LogP contribution in [0.3, 0.4) is 0 Å². The highest BCUT2D eigenvalue weighted by Gasteiger charge is 2.46.